The molecule has 2 aliphatic rings. The maximum atomic E-state index is 11.8. The average molecular weight is 394 g/mol. The van der Waals surface area contributed by atoms with Gasteiger partial charge in [0.2, 0.25) is 5.95 Å². The molecule has 1 atom stereocenters. The Morgan fingerprint density at radius 2 is 2.00 bits per heavy atom. The van der Waals surface area contributed by atoms with Crippen LogP contribution in [0.4, 0.5) is 17.5 Å². The van der Waals surface area contributed by atoms with Gasteiger partial charge in [0.1, 0.15) is 0 Å². The molecule has 0 saturated heterocycles. The lowest BCUT2D eigenvalue weighted by Crippen LogP contribution is -2.36. The van der Waals surface area contributed by atoms with Gasteiger partial charge >= 0.3 is 0 Å². The van der Waals surface area contributed by atoms with Gasteiger partial charge in [-0.05, 0) is 37.3 Å². The SMILES string of the molecule is N[C@H]1CC[C@H](Nc2nc(N3c4ccccc4C[C@@H]3[N+](=O)[O-])c3nc[nH]c3n2)CC1. The normalized spacial score (nSPS) is 23.9. The standard InChI is InChI=1S/C19H22N8O2/c20-12-5-7-13(8-6-12)23-19-24-17-16(21-10-22-17)18(25-19)26-14-4-2-1-3-11(14)9-15(26)27(28)29/h1-4,10,12-13,15H,5-9,20H2,(H2,21,22,23,24,25)/t12-,13-,15-/m0/s1. The first-order valence-corrected chi connectivity index (χ1v) is 9.84. The van der Waals surface area contributed by atoms with Crippen molar-refractivity contribution in [2.24, 2.45) is 5.73 Å². The molecule has 1 aliphatic carbocycles. The van der Waals surface area contributed by atoms with Crippen molar-refractivity contribution in [3.05, 3.63) is 46.3 Å². The van der Waals surface area contributed by atoms with Crippen molar-refractivity contribution < 1.29 is 4.92 Å². The number of nitrogens with one attached hydrogen (secondary N) is 2. The second-order valence-electron chi connectivity index (χ2n) is 7.70. The molecule has 1 saturated carbocycles. The van der Waals surface area contributed by atoms with Gasteiger partial charge in [0.15, 0.2) is 17.0 Å². The van der Waals surface area contributed by atoms with Gasteiger partial charge in [-0.3, -0.25) is 15.0 Å². The summed E-state index contributed by atoms with van der Waals surface area (Å²) >= 11 is 0. The molecule has 10 heteroatoms. The van der Waals surface area contributed by atoms with E-state index in [0.717, 1.165) is 36.9 Å². The maximum absolute atomic E-state index is 11.8. The van der Waals surface area contributed by atoms with Gasteiger partial charge in [-0.2, -0.15) is 9.97 Å². The molecular weight excluding hydrogens is 372 g/mol. The van der Waals surface area contributed by atoms with Crippen LogP contribution >= 0.6 is 0 Å². The highest BCUT2D eigenvalue weighted by Gasteiger charge is 2.40. The zero-order chi connectivity index (χ0) is 20.0. The lowest BCUT2D eigenvalue weighted by Gasteiger charge is -2.27. The van der Waals surface area contributed by atoms with E-state index in [4.69, 9.17) is 5.73 Å². The van der Waals surface area contributed by atoms with Crippen molar-refractivity contribution in [2.45, 2.75) is 50.4 Å². The van der Waals surface area contributed by atoms with Crippen LogP contribution in [0.3, 0.4) is 0 Å². The van der Waals surface area contributed by atoms with Gasteiger partial charge in [-0.15, -0.1) is 0 Å². The van der Waals surface area contributed by atoms with Crippen molar-refractivity contribution in [1.29, 1.82) is 0 Å². The Balaban J connectivity index is 1.57. The van der Waals surface area contributed by atoms with E-state index in [1.54, 1.807) is 4.90 Å². The number of H-pyrrole nitrogens is 1. The van der Waals surface area contributed by atoms with E-state index < -0.39 is 6.17 Å². The maximum Gasteiger partial charge on any atom is 0.296 e. The Morgan fingerprint density at radius 1 is 1.21 bits per heavy atom. The number of aromatic nitrogens is 4. The van der Waals surface area contributed by atoms with Gasteiger partial charge in [0.25, 0.3) is 6.17 Å². The van der Waals surface area contributed by atoms with Crippen molar-refractivity contribution in [3.8, 4) is 0 Å². The Hall–Kier alpha value is -3.27. The van der Waals surface area contributed by atoms with E-state index in [1.807, 2.05) is 24.3 Å². The predicted octanol–water partition coefficient (Wildman–Crippen LogP) is 2.33. The second-order valence-corrected chi connectivity index (χ2v) is 7.70. The molecule has 2 aromatic heterocycles. The van der Waals surface area contributed by atoms with Crippen molar-refractivity contribution in [3.63, 3.8) is 0 Å². The van der Waals surface area contributed by atoms with Gasteiger partial charge in [-0.25, -0.2) is 4.98 Å². The van der Waals surface area contributed by atoms with E-state index in [0.29, 0.717) is 29.4 Å². The number of nitrogens with two attached hydrogens (primary N) is 1. The third-order valence-corrected chi connectivity index (χ3v) is 5.79. The number of hydrogen-bond acceptors (Lipinski definition) is 8. The molecule has 1 aliphatic heterocycles. The number of para-hydroxylation sites is 1. The zero-order valence-electron chi connectivity index (χ0n) is 15.8. The zero-order valence-corrected chi connectivity index (χ0v) is 15.8. The van der Waals surface area contributed by atoms with E-state index in [-0.39, 0.29) is 17.0 Å². The second kappa shape index (κ2) is 6.96. The lowest BCUT2D eigenvalue weighted by molar-refractivity contribution is -0.518. The van der Waals surface area contributed by atoms with E-state index in [9.17, 15) is 10.1 Å². The molecular formula is C19H22N8O2. The minimum atomic E-state index is -0.928. The first-order chi connectivity index (χ1) is 14.1. The minimum Gasteiger partial charge on any atom is -0.351 e. The van der Waals surface area contributed by atoms with Gasteiger partial charge in [0, 0.05) is 17.0 Å². The number of anilines is 3. The summed E-state index contributed by atoms with van der Waals surface area (Å²) in [6, 6.07) is 8.06. The highest BCUT2D eigenvalue weighted by molar-refractivity contribution is 5.88. The first-order valence-electron chi connectivity index (χ1n) is 9.84. The number of benzene rings is 1. The molecule has 0 spiro atoms. The number of nitro groups is 1. The van der Waals surface area contributed by atoms with E-state index >= 15 is 0 Å². The fraction of sp³-hybridized carbons (Fsp3) is 0.421. The number of hydrogen-bond donors (Lipinski definition) is 3. The van der Waals surface area contributed by atoms with Gasteiger partial charge in [0.05, 0.1) is 18.4 Å². The number of rotatable bonds is 4. The minimum absolute atomic E-state index is 0.236. The highest BCUT2D eigenvalue weighted by Crippen LogP contribution is 2.40. The summed E-state index contributed by atoms with van der Waals surface area (Å²) in [5.74, 6) is 0.890. The van der Waals surface area contributed by atoms with Crippen LogP contribution in [0, 0.1) is 10.1 Å². The van der Waals surface area contributed by atoms with E-state index in [2.05, 4.69) is 25.3 Å². The number of nitrogens with zero attached hydrogens (tertiary/aromatic N) is 5. The third-order valence-electron chi connectivity index (χ3n) is 5.79. The molecule has 1 fully saturated rings. The molecule has 0 amide bonds. The molecule has 0 bridgehead atoms. The molecule has 0 radical (unpaired) electrons. The number of imidazole rings is 1. The van der Waals surface area contributed by atoms with Gasteiger partial charge < -0.3 is 16.0 Å². The van der Waals surface area contributed by atoms with Gasteiger partial charge in [-0.1, -0.05) is 18.2 Å². The van der Waals surface area contributed by atoms with Crippen molar-refractivity contribution >= 4 is 28.6 Å². The molecule has 3 heterocycles. The van der Waals surface area contributed by atoms with Crippen LogP contribution in [0.2, 0.25) is 0 Å². The first kappa shape index (κ1) is 17.8. The van der Waals surface area contributed by atoms with Crippen molar-refractivity contribution in [1.82, 2.24) is 19.9 Å². The predicted molar refractivity (Wildman–Crippen MR) is 109 cm³/mol. The topological polar surface area (TPSA) is 139 Å². The molecule has 3 aromatic rings. The van der Waals surface area contributed by atoms with Crippen LogP contribution < -0.4 is 16.0 Å². The summed E-state index contributed by atoms with van der Waals surface area (Å²) in [6.07, 6.45) is 4.75. The van der Waals surface area contributed by atoms with Crippen LogP contribution in [0.25, 0.3) is 11.2 Å². The smallest absolute Gasteiger partial charge is 0.296 e. The summed E-state index contributed by atoms with van der Waals surface area (Å²) < 4.78 is 0. The molecule has 29 heavy (non-hydrogen) atoms. The number of aromatic amines is 1. The average Bonchev–Trinajstić information content (AvgIpc) is 3.34. The van der Waals surface area contributed by atoms with Crippen LogP contribution in [0.1, 0.15) is 31.2 Å². The van der Waals surface area contributed by atoms with Crippen LogP contribution in [0.5, 0.6) is 0 Å². The van der Waals surface area contributed by atoms with Crippen LogP contribution in [-0.4, -0.2) is 43.1 Å². The molecule has 5 rings (SSSR count). The van der Waals surface area contributed by atoms with Crippen LogP contribution in [-0.2, 0) is 6.42 Å². The molecule has 10 nitrogen and oxygen atoms in total. The Morgan fingerprint density at radius 3 is 2.79 bits per heavy atom. The molecule has 1 aromatic carbocycles. The van der Waals surface area contributed by atoms with E-state index in [1.165, 1.54) is 6.33 Å². The summed E-state index contributed by atoms with van der Waals surface area (Å²) in [6.45, 7) is 0. The monoisotopic (exact) mass is 394 g/mol. The fourth-order valence-electron chi connectivity index (χ4n) is 4.29. The lowest BCUT2D eigenvalue weighted by atomic mass is 9.92. The summed E-state index contributed by atoms with van der Waals surface area (Å²) in [4.78, 5) is 29.8. The van der Waals surface area contributed by atoms with Crippen molar-refractivity contribution in [2.75, 3.05) is 10.2 Å². The van der Waals surface area contributed by atoms with Crippen LogP contribution in [0.15, 0.2) is 30.6 Å². The molecule has 150 valence electrons. The summed E-state index contributed by atoms with van der Waals surface area (Å²) in [7, 11) is 0. The Bertz CT molecular complexity index is 1060. The largest absolute Gasteiger partial charge is 0.351 e. The quantitative estimate of drug-likeness (QED) is 0.453. The fourth-order valence-corrected chi connectivity index (χ4v) is 4.29. The summed E-state index contributed by atoms with van der Waals surface area (Å²) in [5.41, 5.74) is 8.78. The third kappa shape index (κ3) is 3.15. The Labute approximate surface area is 166 Å². The number of fused-ring (bicyclic) bond motifs is 2. The molecule has 4 N–H and O–H groups in total. The Kier molecular flexibility index (Phi) is 4.27. The molecule has 0 unspecified atom stereocenters. The highest BCUT2D eigenvalue weighted by atomic mass is 16.6. The summed E-state index contributed by atoms with van der Waals surface area (Å²) in [5, 5.41) is 15.2.